The van der Waals surface area contributed by atoms with E-state index in [1.165, 1.54) is 7.11 Å². The molecule has 0 fully saturated rings. The highest BCUT2D eigenvalue weighted by Gasteiger charge is 2.22. The molecule has 0 aliphatic heterocycles. The van der Waals surface area contributed by atoms with E-state index in [2.05, 4.69) is 19.9 Å². The van der Waals surface area contributed by atoms with Gasteiger partial charge in [-0.2, -0.15) is 0 Å². The van der Waals surface area contributed by atoms with Gasteiger partial charge in [-0.15, -0.1) is 5.10 Å². The van der Waals surface area contributed by atoms with Crippen molar-refractivity contribution < 1.29 is 27.7 Å². The van der Waals surface area contributed by atoms with Crippen molar-refractivity contribution in [2.24, 2.45) is 0 Å². The highest BCUT2D eigenvalue weighted by atomic mass is 19.1. The van der Waals surface area contributed by atoms with Gasteiger partial charge >= 0.3 is 11.8 Å². The normalized spacial score (nSPS) is 10.5. The number of halogens is 3. The number of H-pyrrole nitrogens is 2. The van der Waals surface area contributed by atoms with Gasteiger partial charge in [-0.1, -0.05) is 0 Å². The van der Waals surface area contributed by atoms with Gasteiger partial charge in [-0.25, -0.2) is 22.9 Å². The van der Waals surface area contributed by atoms with Crippen molar-refractivity contribution in [3.8, 4) is 0 Å². The van der Waals surface area contributed by atoms with Crippen LogP contribution in [-0.4, -0.2) is 23.3 Å². The molecule has 0 aliphatic rings. The third-order valence-electron chi connectivity index (χ3n) is 2.41. The smallest absolute Gasteiger partial charge is 0.411 e. The summed E-state index contributed by atoms with van der Waals surface area (Å²) in [5.74, 6) is -3.68. The Morgan fingerprint density at radius 3 is 2.58 bits per heavy atom. The molecular weight excluding hydrogens is 263 g/mol. The van der Waals surface area contributed by atoms with Crippen LogP contribution in [0.25, 0.3) is 0 Å². The monoisotopic (exact) mass is 272 g/mol. The van der Waals surface area contributed by atoms with Crippen molar-refractivity contribution in [1.82, 2.24) is 10.2 Å². The van der Waals surface area contributed by atoms with Gasteiger partial charge < -0.3 is 4.74 Å². The van der Waals surface area contributed by atoms with Crippen molar-refractivity contribution in [3.05, 3.63) is 46.8 Å². The van der Waals surface area contributed by atoms with Crippen LogP contribution in [0.15, 0.2) is 12.1 Å². The summed E-state index contributed by atoms with van der Waals surface area (Å²) in [5.41, 5.74) is -0.335. The van der Waals surface area contributed by atoms with Crippen LogP contribution in [0.4, 0.5) is 13.2 Å². The average molecular weight is 272 g/mol. The predicted molar refractivity (Wildman–Crippen MR) is 55.6 cm³/mol. The number of rotatable bonds is 3. The van der Waals surface area contributed by atoms with Gasteiger partial charge in [0.05, 0.1) is 18.6 Å². The Morgan fingerprint density at radius 2 is 2.00 bits per heavy atom. The van der Waals surface area contributed by atoms with E-state index < -0.39 is 23.4 Å². The Labute approximate surface area is 105 Å². The quantitative estimate of drug-likeness (QED) is 0.848. The van der Waals surface area contributed by atoms with Gasteiger partial charge in [0.25, 0.3) is 0 Å². The molecule has 5 nitrogen and oxygen atoms in total. The molecular formula is C11H9F3N3O2+. The molecule has 1 heterocycles. The molecule has 8 heteroatoms. The number of hydrogen-bond acceptors (Lipinski definition) is 3. The van der Waals surface area contributed by atoms with Crippen molar-refractivity contribution in [3.63, 3.8) is 0 Å². The fourth-order valence-corrected chi connectivity index (χ4v) is 1.52. The summed E-state index contributed by atoms with van der Waals surface area (Å²) in [6.45, 7) is 0. The Morgan fingerprint density at radius 1 is 1.37 bits per heavy atom. The van der Waals surface area contributed by atoms with Gasteiger partial charge in [0.15, 0.2) is 0 Å². The van der Waals surface area contributed by atoms with E-state index in [1.54, 1.807) is 0 Å². The fourth-order valence-electron chi connectivity index (χ4n) is 1.52. The van der Waals surface area contributed by atoms with Crippen molar-refractivity contribution in [2.75, 3.05) is 7.11 Å². The fraction of sp³-hybridized carbons (Fsp3) is 0.182. The number of hydrogen-bond donors (Lipinski definition) is 1. The number of aromatic nitrogens is 3. The third kappa shape index (κ3) is 2.72. The van der Waals surface area contributed by atoms with E-state index in [-0.39, 0.29) is 23.6 Å². The van der Waals surface area contributed by atoms with Crippen LogP contribution in [0, 0.1) is 17.5 Å². The van der Waals surface area contributed by atoms with Crippen molar-refractivity contribution in [1.29, 1.82) is 0 Å². The number of nitrogens with zero attached hydrogens (tertiary/aromatic N) is 1. The highest BCUT2D eigenvalue weighted by molar-refractivity contribution is 5.83. The molecule has 100 valence electrons. The van der Waals surface area contributed by atoms with Gasteiger partial charge in [0.2, 0.25) is 5.82 Å². The average Bonchev–Trinajstić information content (AvgIpc) is 2.81. The first-order valence-electron chi connectivity index (χ1n) is 5.19. The summed E-state index contributed by atoms with van der Waals surface area (Å²) in [6.07, 6.45) is -0.234. The van der Waals surface area contributed by atoms with E-state index in [4.69, 9.17) is 0 Å². The maximum atomic E-state index is 13.4. The van der Waals surface area contributed by atoms with Crippen LogP contribution >= 0.6 is 0 Å². The lowest BCUT2D eigenvalue weighted by Gasteiger charge is -2.01. The summed E-state index contributed by atoms with van der Waals surface area (Å²) in [4.78, 5) is 13.6. The largest absolute Gasteiger partial charge is 0.461 e. The second-order valence-electron chi connectivity index (χ2n) is 3.69. The summed E-state index contributed by atoms with van der Waals surface area (Å²) in [5, 5.41) is 5.99. The van der Waals surface area contributed by atoms with Crippen molar-refractivity contribution in [2.45, 2.75) is 6.42 Å². The van der Waals surface area contributed by atoms with Crippen LogP contribution in [0.2, 0.25) is 0 Å². The first-order chi connectivity index (χ1) is 9.01. The molecule has 2 aromatic rings. The lowest BCUT2D eigenvalue weighted by Crippen LogP contribution is -2.19. The number of nitrogens with one attached hydrogen (secondary N) is 2. The first kappa shape index (κ1) is 13.1. The maximum Gasteiger partial charge on any atom is 0.411 e. The second kappa shape index (κ2) is 5.09. The molecule has 1 aromatic carbocycles. The summed E-state index contributed by atoms with van der Waals surface area (Å²) >= 11 is 0. The molecule has 0 saturated carbocycles. The van der Waals surface area contributed by atoms with Gasteiger partial charge in [-0.05, 0) is 0 Å². The molecule has 2 rings (SSSR count). The number of ether oxygens (including phenoxy) is 1. The van der Waals surface area contributed by atoms with Crippen molar-refractivity contribution >= 4 is 5.97 Å². The lowest BCUT2D eigenvalue weighted by atomic mass is 10.1. The predicted octanol–water partition coefficient (Wildman–Crippen LogP) is 1.02. The molecule has 0 spiro atoms. The van der Waals surface area contributed by atoms with Crippen LogP contribution in [-0.2, 0) is 11.2 Å². The van der Waals surface area contributed by atoms with E-state index in [9.17, 15) is 18.0 Å². The van der Waals surface area contributed by atoms with Crippen LogP contribution in [0.1, 0.15) is 22.0 Å². The molecule has 0 bridgehead atoms. The van der Waals surface area contributed by atoms with Gasteiger partial charge in [-0.3, -0.25) is 0 Å². The van der Waals surface area contributed by atoms with E-state index in [0.717, 1.165) is 0 Å². The minimum absolute atomic E-state index is 0.125. The highest BCUT2D eigenvalue weighted by Crippen LogP contribution is 2.16. The van der Waals surface area contributed by atoms with Crippen LogP contribution in [0.3, 0.4) is 0 Å². The molecule has 0 unspecified atom stereocenters. The second-order valence-corrected chi connectivity index (χ2v) is 3.69. The minimum Gasteiger partial charge on any atom is -0.461 e. The van der Waals surface area contributed by atoms with E-state index in [0.29, 0.717) is 12.1 Å². The number of methoxy groups -OCH3 is 1. The lowest BCUT2D eigenvalue weighted by molar-refractivity contribution is -0.394. The van der Waals surface area contributed by atoms with Crippen LogP contribution in [0.5, 0.6) is 0 Å². The minimum atomic E-state index is -1.01. The molecule has 19 heavy (non-hydrogen) atoms. The Bertz CT molecular complexity index is 604. The Balaban J connectivity index is 2.27. The number of benzene rings is 1. The number of carbonyl (C=O) groups excluding carboxylic acids is 1. The zero-order valence-corrected chi connectivity index (χ0v) is 9.76. The Hall–Kier alpha value is -2.38. The first-order valence-corrected chi connectivity index (χ1v) is 5.19. The molecule has 0 radical (unpaired) electrons. The Kier molecular flexibility index (Phi) is 3.50. The SMILES string of the molecule is COC(=O)c1n[nH]c(Cc2c(F)cc(F)cc2F)[nH+]1. The van der Waals surface area contributed by atoms with E-state index >= 15 is 0 Å². The number of esters is 1. The summed E-state index contributed by atoms with van der Waals surface area (Å²) in [7, 11) is 1.17. The van der Waals surface area contributed by atoms with Gasteiger partial charge in [0, 0.05) is 17.7 Å². The number of carbonyl (C=O) groups is 1. The zero-order chi connectivity index (χ0) is 14.0. The molecule has 1 aromatic heterocycles. The molecule has 0 aliphatic carbocycles. The van der Waals surface area contributed by atoms with Crippen LogP contribution < -0.4 is 4.98 Å². The zero-order valence-electron chi connectivity index (χ0n) is 9.76. The maximum absolute atomic E-state index is 13.4. The molecule has 0 amide bonds. The van der Waals surface area contributed by atoms with E-state index in [1.807, 2.05) is 0 Å². The molecule has 0 saturated heterocycles. The standard InChI is InChI=1S/C11H8F3N3O2/c1-19-11(18)10-15-9(16-17-10)4-6-7(13)2-5(12)3-8(6)14/h2-3H,4H2,1H3,(H,15,16,17)/p+1. The summed E-state index contributed by atoms with van der Waals surface area (Å²) < 4.78 is 44.0. The van der Waals surface area contributed by atoms with Gasteiger partial charge in [0.1, 0.15) is 17.5 Å². The molecule has 0 atom stereocenters. The third-order valence-corrected chi connectivity index (χ3v) is 2.41. The molecule has 2 N–H and O–H groups in total. The summed E-state index contributed by atoms with van der Waals surface area (Å²) in [6, 6.07) is 1.16. The topological polar surface area (TPSA) is 69.1 Å². The number of aromatic amines is 2.